The summed E-state index contributed by atoms with van der Waals surface area (Å²) in [6.45, 7) is 9.97. The second kappa shape index (κ2) is 8.66. The van der Waals surface area contributed by atoms with Crippen LogP contribution in [0.5, 0.6) is 0 Å². The first-order valence-corrected chi connectivity index (χ1v) is 8.04. The van der Waals surface area contributed by atoms with Crippen LogP contribution in [0.2, 0.25) is 5.02 Å². The lowest BCUT2D eigenvalue weighted by molar-refractivity contribution is 0.189. The number of rotatable bonds is 8. The van der Waals surface area contributed by atoms with Crippen molar-refractivity contribution in [3.8, 4) is 0 Å². The molecule has 20 heavy (non-hydrogen) atoms. The summed E-state index contributed by atoms with van der Waals surface area (Å²) in [7, 11) is 2.17. The van der Waals surface area contributed by atoms with Gasteiger partial charge in [0.2, 0.25) is 0 Å². The Balaban J connectivity index is 2.56. The predicted octanol–water partition coefficient (Wildman–Crippen LogP) is 4.50. The van der Waals surface area contributed by atoms with Crippen molar-refractivity contribution in [1.29, 1.82) is 0 Å². The smallest absolute Gasteiger partial charge is 0.0453 e. The first-order chi connectivity index (χ1) is 9.47. The minimum atomic E-state index is 0.321. The molecule has 2 nitrogen and oxygen atoms in total. The average Bonchev–Trinajstić information content (AvgIpc) is 2.44. The molecule has 0 spiro atoms. The van der Waals surface area contributed by atoms with E-state index >= 15 is 0 Å². The fourth-order valence-corrected chi connectivity index (χ4v) is 2.76. The van der Waals surface area contributed by atoms with E-state index < -0.39 is 0 Å². The lowest BCUT2D eigenvalue weighted by atomic mass is 10.1. The predicted molar refractivity (Wildman–Crippen MR) is 89.5 cm³/mol. The first-order valence-electron chi connectivity index (χ1n) is 7.67. The van der Waals surface area contributed by atoms with Crippen LogP contribution in [0.15, 0.2) is 24.3 Å². The van der Waals surface area contributed by atoms with Crippen LogP contribution < -0.4 is 5.32 Å². The Bertz CT molecular complexity index is 394. The molecule has 0 aliphatic heterocycles. The van der Waals surface area contributed by atoms with Gasteiger partial charge in [-0.2, -0.15) is 0 Å². The third-order valence-electron chi connectivity index (χ3n) is 4.14. The van der Waals surface area contributed by atoms with Crippen molar-refractivity contribution in [3.63, 3.8) is 0 Å². The summed E-state index contributed by atoms with van der Waals surface area (Å²) in [5, 5.41) is 4.46. The van der Waals surface area contributed by atoms with Crippen LogP contribution in [-0.2, 0) is 0 Å². The zero-order valence-corrected chi connectivity index (χ0v) is 14.2. The van der Waals surface area contributed by atoms with Gasteiger partial charge in [0.15, 0.2) is 0 Å². The third kappa shape index (κ3) is 5.08. The molecule has 3 atom stereocenters. The van der Waals surface area contributed by atoms with Gasteiger partial charge in [-0.25, -0.2) is 0 Å². The van der Waals surface area contributed by atoms with Crippen molar-refractivity contribution >= 4 is 11.6 Å². The highest BCUT2D eigenvalue weighted by Gasteiger charge is 2.19. The highest BCUT2D eigenvalue weighted by atomic mass is 35.5. The Morgan fingerprint density at radius 3 is 2.45 bits per heavy atom. The van der Waals surface area contributed by atoms with Crippen molar-refractivity contribution in [3.05, 3.63) is 34.9 Å². The monoisotopic (exact) mass is 296 g/mol. The number of benzene rings is 1. The van der Waals surface area contributed by atoms with Gasteiger partial charge in [-0.3, -0.25) is 4.90 Å². The van der Waals surface area contributed by atoms with Gasteiger partial charge in [0.05, 0.1) is 0 Å². The van der Waals surface area contributed by atoms with E-state index in [1.165, 1.54) is 18.4 Å². The van der Waals surface area contributed by atoms with E-state index in [4.69, 9.17) is 11.6 Å². The quantitative estimate of drug-likeness (QED) is 0.760. The van der Waals surface area contributed by atoms with Crippen LogP contribution in [0.1, 0.15) is 52.1 Å². The molecule has 3 unspecified atom stereocenters. The lowest BCUT2D eigenvalue weighted by Crippen LogP contribution is -2.42. The number of halogens is 1. The standard InChI is InChI=1S/C17H29ClN2/c1-6-9-13(2)19-12-14(3)20(5)15(4)16-10-7-8-11-17(16)18/h7-8,10-11,13-15,19H,6,9,12H2,1-5H3. The maximum absolute atomic E-state index is 6.29. The molecule has 1 rings (SSSR count). The number of nitrogens with zero attached hydrogens (tertiary/aromatic N) is 1. The second-order valence-electron chi connectivity index (χ2n) is 5.81. The molecule has 1 aromatic rings. The SMILES string of the molecule is CCCC(C)NCC(C)N(C)C(C)c1ccccc1Cl. The summed E-state index contributed by atoms with van der Waals surface area (Å²) in [6, 6.07) is 9.50. The van der Waals surface area contributed by atoms with Gasteiger partial charge in [-0.05, 0) is 45.9 Å². The normalized spacial score (nSPS) is 16.1. The molecule has 1 aromatic carbocycles. The van der Waals surface area contributed by atoms with Crippen molar-refractivity contribution in [2.75, 3.05) is 13.6 Å². The summed E-state index contributed by atoms with van der Waals surface area (Å²) in [5.41, 5.74) is 1.20. The molecule has 0 bridgehead atoms. The maximum atomic E-state index is 6.29. The summed E-state index contributed by atoms with van der Waals surface area (Å²) in [4.78, 5) is 2.38. The minimum absolute atomic E-state index is 0.321. The maximum Gasteiger partial charge on any atom is 0.0453 e. The third-order valence-corrected chi connectivity index (χ3v) is 4.49. The fourth-order valence-electron chi connectivity index (χ4n) is 2.47. The number of hydrogen-bond donors (Lipinski definition) is 1. The minimum Gasteiger partial charge on any atom is -0.313 e. The van der Waals surface area contributed by atoms with E-state index in [0.29, 0.717) is 18.1 Å². The molecule has 0 amide bonds. The first kappa shape index (κ1) is 17.5. The highest BCUT2D eigenvalue weighted by molar-refractivity contribution is 6.31. The Hall–Kier alpha value is -0.570. The summed E-state index contributed by atoms with van der Waals surface area (Å²) >= 11 is 6.29. The van der Waals surface area contributed by atoms with Gasteiger partial charge in [0.1, 0.15) is 0 Å². The van der Waals surface area contributed by atoms with E-state index in [1.807, 2.05) is 12.1 Å². The second-order valence-corrected chi connectivity index (χ2v) is 6.22. The molecule has 0 fully saturated rings. The van der Waals surface area contributed by atoms with Crippen molar-refractivity contribution in [2.45, 2.75) is 58.7 Å². The van der Waals surface area contributed by atoms with Gasteiger partial charge in [-0.15, -0.1) is 0 Å². The van der Waals surface area contributed by atoms with Crippen molar-refractivity contribution < 1.29 is 0 Å². The molecule has 1 N–H and O–H groups in total. The molecule has 0 aliphatic carbocycles. The molecular formula is C17H29ClN2. The molecule has 0 aromatic heterocycles. The Morgan fingerprint density at radius 1 is 1.20 bits per heavy atom. The van der Waals surface area contributed by atoms with Gasteiger partial charge < -0.3 is 5.32 Å². The molecule has 0 heterocycles. The topological polar surface area (TPSA) is 15.3 Å². The van der Waals surface area contributed by atoms with Gasteiger partial charge in [-0.1, -0.05) is 43.1 Å². The van der Waals surface area contributed by atoms with E-state index in [2.05, 4.69) is 57.1 Å². The average molecular weight is 297 g/mol. The Morgan fingerprint density at radius 2 is 1.85 bits per heavy atom. The van der Waals surface area contributed by atoms with Crippen LogP contribution in [-0.4, -0.2) is 30.6 Å². The van der Waals surface area contributed by atoms with Crippen molar-refractivity contribution in [1.82, 2.24) is 10.2 Å². The highest BCUT2D eigenvalue weighted by Crippen LogP contribution is 2.27. The van der Waals surface area contributed by atoms with Gasteiger partial charge >= 0.3 is 0 Å². The van der Waals surface area contributed by atoms with E-state index in [9.17, 15) is 0 Å². The van der Waals surface area contributed by atoms with Crippen LogP contribution in [0.3, 0.4) is 0 Å². The lowest BCUT2D eigenvalue weighted by Gasteiger charge is -2.32. The molecule has 0 saturated carbocycles. The fraction of sp³-hybridized carbons (Fsp3) is 0.647. The van der Waals surface area contributed by atoms with Crippen LogP contribution in [0, 0.1) is 0 Å². The van der Waals surface area contributed by atoms with Crippen LogP contribution >= 0.6 is 11.6 Å². The zero-order chi connectivity index (χ0) is 15.1. The van der Waals surface area contributed by atoms with Crippen molar-refractivity contribution in [2.24, 2.45) is 0 Å². The molecule has 0 radical (unpaired) electrons. The van der Waals surface area contributed by atoms with Gasteiger partial charge in [0.25, 0.3) is 0 Å². The van der Waals surface area contributed by atoms with E-state index in [-0.39, 0.29) is 0 Å². The number of likely N-dealkylation sites (N-methyl/N-ethyl adjacent to an activating group) is 1. The zero-order valence-electron chi connectivity index (χ0n) is 13.5. The summed E-state index contributed by atoms with van der Waals surface area (Å²) < 4.78 is 0. The molecule has 114 valence electrons. The molecule has 3 heteroatoms. The van der Waals surface area contributed by atoms with E-state index in [1.54, 1.807) is 0 Å². The molecule has 0 saturated heterocycles. The van der Waals surface area contributed by atoms with Crippen LogP contribution in [0.25, 0.3) is 0 Å². The molecular weight excluding hydrogens is 268 g/mol. The van der Waals surface area contributed by atoms with E-state index in [0.717, 1.165) is 11.6 Å². The molecule has 0 aliphatic rings. The number of hydrogen-bond acceptors (Lipinski definition) is 2. The Labute approximate surface area is 129 Å². The summed E-state index contributed by atoms with van der Waals surface area (Å²) in [6.07, 6.45) is 2.46. The number of nitrogens with one attached hydrogen (secondary N) is 1. The Kier molecular flexibility index (Phi) is 7.57. The van der Waals surface area contributed by atoms with Gasteiger partial charge in [0, 0.05) is 29.7 Å². The van der Waals surface area contributed by atoms with Crippen LogP contribution in [0.4, 0.5) is 0 Å². The summed E-state index contributed by atoms with van der Waals surface area (Å²) in [5.74, 6) is 0. The largest absolute Gasteiger partial charge is 0.313 e.